The summed E-state index contributed by atoms with van der Waals surface area (Å²) in [6.45, 7) is 8.37. The monoisotopic (exact) mass is 302 g/mol. The van der Waals surface area contributed by atoms with Crippen molar-refractivity contribution in [2.24, 2.45) is 0 Å². The van der Waals surface area contributed by atoms with Gasteiger partial charge in [-0.25, -0.2) is 0 Å². The molecule has 0 amide bonds. The second kappa shape index (κ2) is 6.00. The summed E-state index contributed by atoms with van der Waals surface area (Å²) in [7, 11) is 0. The van der Waals surface area contributed by atoms with Crippen LogP contribution in [0.25, 0.3) is 10.8 Å². The smallest absolute Gasteiger partial charge is 0.167 e. The van der Waals surface area contributed by atoms with Crippen molar-refractivity contribution in [1.29, 1.82) is 0 Å². The first kappa shape index (κ1) is 15.5. The van der Waals surface area contributed by atoms with Crippen molar-refractivity contribution in [3.05, 3.63) is 81.9 Å². The van der Waals surface area contributed by atoms with Gasteiger partial charge in [0, 0.05) is 12.0 Å². The Morgan fingerprint density at radius 3 is 2.04 bits per heavy atom. The van der Waals surface area contributed by atoms with Crippen molar-refractivity contribution in [3.8, 4) is 0 Å². The van der Waals surface area contributed by atoms with Crippen molar-refractivity contribution < 1.29 is 4.79 Å². The second-order valence-electron chi connectivity index (χ2n) is 6.45. The van der Waals surface area contributed by atoms with Crippen LogP contribution in [0.4, 0.5) is 0 Å². The summed E-state index contributed by atoms with van der Waals surface area (Å²) in [5.74, 6) is 0.191. The van der Waals surface area contributed by atoms with E-state index in [1.165, 1.54) is 22.3 Å². The predicted octanol–water partition coefficient (Wildman–Crippen LogP) is 5.50. The third-order valence-electron chi connectivity index (χ3n) is 4.62. The fourth-order valence-electron chi connectivity index (χ4n) is 3.44. The molecule has 23 heavy (non-hydrogen) atoms. The minimum absolute atomic E-state index is 0.191. The Bertz CT molecular complexity index is 880. The van der Waals surface area contributed by atoms with Gasteiger partial charge in [0.15, 0.2) is 5.78 Å². The molecule has 0 N–H and O–H groups in total. The molecule has 0 bridgehead atoms. The Morgan fingerprint density at radius 2 is 1.39 bits per heavy atom. The first-order valence-electron chi connectivity index (χ1n) is 8.05. The fourth-order valence-corrected chi connectivity index (χ4v) is 3.44. The number of fused-ring (bicyclic) bond motifs is 1. The molecule has 3 aromatic carbocycles. The van der Waals surface area contributed by atoms with Crippen LogP contribution in [0.3, 0.4) is 0 Å². The van der Waals surface area contributed by atoms with Crippen LogP contribution in [0.1, 0.15) is 38.2 Å². The minimum Gasteiger partial charge on any atom is -0.294 e. The summed E-state index contributed by atoms with van der Waals surface area (Å²) in [4.78, 5) is 12.9. The number of carbonyl (C=O) groups is 1. The SMILES string of the molecule is Cc1cc(C)c(CC(=O)c2ccc(C)c3ccccc23)c(C)c1. The molecule has 0 radical (unpaired) electrons. The van der Waals surface area contributed by atoms with Crippen molar-refractivity contribution in [3.63, 3.8) is 0 Å². The van der Waals surface area contributed by atoms with Crippen LogP contribution in [-0.2, 0) is 6.42 Å². The van der Waals surface area contributed by atoms with E-state index < -0.39 is 0 Å². The van der Waals surface area contributed by atoms with Crippen molar-refractivity contribution in [1.82, 2.24) is 0 Å². The maximum absolute atomic E-state index is 12.9. The summed E-state index contributed by atoms with van der Waals surface area (Å²) in [6, 6.07) is 16.5. The molecule has 1 heteroatoms. The number of ketones is 1. The van der Waals surface area contributed by atoms with Crippen molar-refractivity contribution >= 4 is 16.6 Å². The first-order valence-corrected chi connectivity index (χ1v) is 8.05. The van der Waals surface area contributed by atoms with Crippen LogP contribution in [-0.4, -0.2) is 5.78 Å². The number of Topliss-reactive ketones (excluding diaryl/α,β-unsaturated/α-hetero) is 1. The van der Waals surface area contributed by atoms with E-state index >= 15 is 0 Å². The van der Waals surface area contributed by atoms with Gasteiger partial charge in [-0.15, -0.1) is 0 Å². The zero-order valence-corrected chi connectivity index (χ0v) is 14.2. The average Bonchev–Trinajstić information content (AvgIpc) is 2.51. The fraction of sp³-hybridized carbons (Fsp3) is 0.227. The van der Waals surface area contributed by atoms with E-state index in [9.17, 15) is 4.79 Å². The summed E-state index contributed by atoms with van der Waals surface area (Å²) in [5.41, 5.74) is 6.84. The molecule has 3 rings (SSSR count). The minimum atomic E-state index is 0.191. The molecular weight excluding hydrogens is 280 g/mol. The van der Waals surface area contributed by atoms with Gasteiger partial charge in [-0.3, -0.25) is 4.79 Å². The van der Waals surface area contributed by atoms with E-state index in [0.717, 1.165) is 21.9 Å². The lowest BCUT2D eigenvalue weighted by Crippen LogP contribution is -2.08. The first-order chi connectivity index (χ1) is 11.0. The highest BCUT2D eigenvalue weighted by Crippen LogP contribution is 2.25. The standard InChI is InChI=1S/C22H22O/c1-14-11-16(3)21(17(4)12-14)13-22(23)20-10-9-15(2)18-7-5-6-8-19(18)20/h5-12H,13H2,1-4H3. The van der Waals surface area contributed by atoms with Crippen molar-refractivity contribution in [2.45, 2.75) is 34.1 Å². The number of aryl methyl sites for hydroxylation is 4. The Morgan fingerprint density at radius 1 is 0.783 bits per heavy atom. The molecule has 0 atom stereocenters. The van der Waals surface area contributed by atoms with Crippen LogP contribution in [0, 0.1) is 27.7 Å². The van der Waals surface area contributed by atoms with Gasteiger partial charge in [0.05, 0.1) is 0 Å². The van der Waals surface area contributed by atoms with Crippen LogP contribution < -0.4 is 0 Å². The van der Waals surface area contributed by atoms with E-state index in [0.29, 0.717) is 6.42 Å². The predicted molar refractivity (Wildman–Crippen MR) is 97.4 cm³/mol. The zero-order valence-electron chi connectivity index (χ0n) is 14.2. The average molecular weight is 302 g/mol. The van der Waals surface area contributed by atoms with Crippen LogP contribution in [0.2, 0.25) is 0 Å². The summed E-state index contributed by atoms with van der Waals surface area (Å²) < 4.78 is 0. The molecule has 0 spiro atoms. The number of hydrogen-bond acceptors (Lipinski definition) is 1. The highest BCUT2D eigenvalue weighted by atomic mass is 16.1. The Hall–Kier alpha value is -2.41. The third-order valence-corrected chi connectivity index (χ3v) is 4.62. The highest BCUT2D eigenvalue weighted by Gasteiger charge is 2.14. The molecule has 0 heterocycles. The topological polar surface area (TPSA) is 17.1 Å². The van der Waals surface area contributed by atoms with Gasteiger partial charge < -0.3 is 0 Å². The summed E-state index contributed by atoms with van der Waals surface area (Å²) in [6.07, 6.45) is 0.463. The van der Waals surface area contributed by atoms with Gasteiger partial charge in [-0.05, 0) is 60.7 Å². The van der Waals surface area contributed by atoms with E-state index in [4.69, 9.17) is 0 Å². The lowest BCUT2D eigenvalue weighted by atomic mass is 9.91. The number of hydrogen-bond donors (Lipinski definition) is 0. The molecule has 116 valence electrons. The van der Waals surface area contributed by atoms with E-state index in [-0.39, 0.29) is 5.78 Å². The molecule has 0 aromatic heterocycles. The van der Waals surface area contributed by atoms with Crippen LogP contribution in [0.5, 0.6) is 0 Å². The van der Waals surface area contributed by atoms with Gasteiger partial charge in [0.25, 0.3) is 0 Å². The molecule has 0 saturated heterocycles. The maximum atomic E-state index is 12.9. The van der Waals surface area contributed by atoms with Gasteiger partial charge in [-0.1, -0.05) is 54.1 Å². The highest BCUT2D eigenvalue weighted by molar-refractivity contribution is 6.09. The molecule has 0 aliphatic heterocycles. The summed E-state index contributed by atoms with van der Waals surface area (Å²) in [5, 5.41) is 2.22. The van der Waals surface area contributed by atoms with E-state index in [1.54, 1.807) is 0 Å². The second-order valence-corrected chi connectivity index (χ2v) is 6.45. The van der Waals surface area contributed by atoms with Gasteiger partial charge in [0.2, 0.25) is 0 Å². The quantitative estimate of drug-likeness (QED) is 0.584. The normalized spacial score (nSPS) is 11.0. The van der Waals surface area contributed by atoms with Gasteiger partial charge in [-0.2, -0.15) is 0 Å². The number of rotatable bonds is 3. The molecule has 0 aliphatic carbocycles. The Kier molecular flexibility index (Phi) is 4.04. The van der Waals surface area contributed by atoms with E-state index in [1.807, 2.05) is 30.3 Å². The number of carbonyl (C=O) groups excluding carboxylic acids is 1. The maximum Gasteiger partial charge on any atom is 0.167 e. The van der Waals surface area contributed by atoms with Gasteiger partial charge >= 0.3 is 0 Å². The van der Waals surface area contributed by atoms with Crippen LogP contribution in [0.15, 0.2) is 48.5 Å². The van der Waals surface area contributed by atoms with Gasteiger partial charge in [0.1, 0.15) is 0 Å². The molecular formula is C22H22O. The molecule has 1 nitrogen and oxygen atoms in total. The zero-order chi connectivity index (χ0) is 16.6. The molecule has 3 aromatic rings. The van der Waals surface area contributed by atoms with E-state index in [2.05, 4.69) is 45.9 Å². The Balaban J connectivity index is 2.04. The Labute approximate surface area is 138 Å². The molecule has 0 unspecified atom stereocenters. The van der Waals surface area contributed by atoms with Crippen LogP contribution >= 0.6 is 0 Å². The lowest BCUT2D eigenvalue weighted by molar-refractivity contribution is 0.0994. The number of benzene rings is 3. The van der Waals surface area contributed by atoms with Crippen molar-refractivity contribution in [2.75, 3.05) is 0 Å². The lowest BCUT2D eigenvalue weighted by Gasteiger charge is -2.12. The molecule has 0 saturated carbocycles. The third kappa shape index (κ3) is 2.92. The summed E-state index contributed by atoms with van der Waals surface area (Å²) >= 11 is 0. The largest absolute Gasteiger partial charge is 0.294 e. The molecule has 0 aliphatic rings. The molecule has 0 fully saturated rings.